The molecule has 1 atom stereocenters. The second-order valence-corrected chi connectivity index (χ2v) is 6.82. The van der Waals surface area contributed by atoms with Gasteiger partial charge in [-0.1, -0.05) is 19.4 Å². The second kappa shape index (κ2) is 6.60. The van der Waals surface area contributed by atoms with E-state index in [4.69, 9.17) is 9.47 Å². The van der Waals surface area contributed by atoms with E-state index in [1.807, 2.05) is 32.9 Å². The van der Waals surface area contributed by atoms with Crippen LogP contribution < -0.4 is 0 Å². The molecule has 2 rings (SSSR count). The van der Waals surface area contributed by atoms with Crippen LogP contribution in [-0.4, -0.2) is 29.7 Å². The minimum absolute atomic E-state index is 0.00320. The van der Waals surface area contributed by atoms with E-state index in [2.05, 4.69) is 6.92 Å². The molecule has 23 heavy (non-hydrogen) atoms. The van der Waals surface area contributed by atoms with Gasteiger partial charge < -0.3 is 9.47 Å². The fourth-order valence-corrected chi connectivity index (χ4v) is 2.87. The van der Waals surface area contributed by atoms with E-state index in [9.17, 15) is 9.59 Å². The zero-order valence-electron chi connectivity index (χ0n) is 14.5. The third-order valence-corrected chi connectivity index (χ3v) is 3.83. The Morgan fingerprint density at radius 3 is 2.57 bits per heavy atom. The number of rotatable bonds is 3. The first-order chi connectivity index (χ1) is 10.8. The molecule has 1 heterocycles. The first kappa shape index (κ1) is 17.3. The summed E-state index contributed by atoms with van der Waals surface area (Å²) >= 11 is 0. The summed E-state index contributed by atoms with van der Waals surface area (Å²) in [6.07, 6.45) is 1.51. The highest BCUT2D eigenvalue weighted by Gasteiger charge is 2.35. The highest BCUT2D eigenvalue weighted by Crippen LogP contribution is 2.38. The van der Waals surface area contributed by atoms with E-state index in [1.54, 1.807) is 11.0 Å². The van der Waals surface area contributed by atoms with E-state index >= 15 is 0 Å². The molecule has 1 aromatic carbocycles. The summed E-state index contributed by atoms with van der Waals surface area (Å²) in [5.74, 6) is -0.365. The zero-order chi connectivity index (χ0) is 17.2. The van der Waals surface area contributed by atoms with Crippen molar-refractivity contribution in [3.05, 3.63) is 34.9 Å². The number of carbonyl (C=O) groups is 2. The average Bonchev–Trinajstić information content (AvgIpc) is 2.83. The first-order valence-corrected chi connectivity index (χ1v) is 7.97. The van der Waals surface area contributed by atoms with Crippen LogP contribution in [0.1, 0.15) is 68.1 Å². The van der Waals surface area contributed by atoms with Crippen LogP contribution in [0.3, 0.4) is 0 Å². The van der Waals surface area contributed by atoms with Crippen LogP contribution >= 0.6 is 0 Å². The highest BCUT2D eigenvalue weighted by molar-refractivity contribution is 5.89. The van der Waals surface area contributed by atoms with E-state index < -0.39 is 5.60 Å². The smallest absolute Gasteiger partial charge is 0.411 e. The van der Waals surface area contributed by atoms with Crippen LogP contribution in [0.2, 0.25) is 0 Å². The predicted molar refractivity (Wildman–Crippen MR) is 87.2 cm³/mol. The number of hydrogen-bond donors (Lipinski definition) is 0. The van der Waals surface area contributed by atoms with E-state index in [0.717, 1.165) is 24.0 Å². The van der Waals surface area contributed by atoms with Crippen molar-refractivity contribution in [2.45, 2.75) is 58.7 Å². The SMILES string of the molecule is CCCC1c2ccc(C(=O)OC)cc2CN1C(=O)OC(C)(C)C. The van der Waals surface area contributed by atoms with Crippen LogP contribution in [0, 0.1) is 0 Å². The van der Waals surface area contributed by atoms with Gasteiger partial charge in [0.15, 0.2) is 0 Å². The monoisotopic (exact) mass is 319 g/mol. The van der Waals surface area contributed by atoms with Crippen molar-refractivity contribution >= 4 is 12.1 Å². The number of carbonyl (C=O) groups excluding carboxylic acids is 2. The van der Waals surface area contributed by atoms with Crippen LogP contribution in [0.15, 0.2) is 18.2 Å². The molecule has 0 spiro atoms. The molecule has 0 radical (unpaired) electrons. The second-order valence-electron chi connectivity index (χ2n) is 6.82. The van der Waals surface area contributed by atoms with Gasteiger partial charge in [-0.15, -0.1) is 0 Å². The number of fused-ring (bicyclic) bond motifs is 1. The number of hydrogen-bond acceptors (Lipinski definition) is 4. The molecule has 0 aromatic heterocycles. The van der Waals surface area contributed by atoms with Gasteiger partial charge >= 0.3 is 12.1 Å². The number of esters is 1. The fourth-order valence-electron chi connectivity index (χ4n) is 2.87. The summed E-state index contributed by atoms with van der Waals surface area (Å²) in [5, 5.41) is 0. The third-order valence-electron chi connectivity index (χ3n) is 3.83. The number of methoxy groups -OCH3 is 1. The van der Waals surface area contributed by atoms with Gasteiger partial charge in [0.2, 0.25) is 0 Å². The quantitative estimate of drug-likeness (QED) is 0.788. The summed E-state index contributed by atoms with van der Waals surface area (Å²) in [5.41, 5.74) is 2.05. The first-order valence-electron chi connectivity index (χ1n) is 7.97. The minimum atomic E-state index is -0.528. The van der Waals surface area contributed by atoms with Gasteiger partial charge in [-0.05, 0) is 50.5 Å². The largest absolute Gasteiger partial charge is 0.465 e. The number of nitrogens with zero attached hydrogens (tertiary/aromatic N) is 1. The van der Waals surface area contributed by atoms with Crippen LogP contribution in [0.4, 0.5) is 4.79 Å². The lowest BCUT2D eigenvalue weighted by atomic mass is 9.99. The van der Waals surface area contributed by atoms with Crippen molar-refractivity contribution in [2.24, 2.45) is 0 Å². The molecule has 126 valence electrons. The average molecular weight is 319 g/mol. The van der Waals surface area contributed by atoms with Gasteiger partial charge in [-0.25, -0.2) is 9.59 Å². The maximum Gasteiger partial charge on any atom is 0.411 e. The summed E-state index contributed by atoms with van der Waals surface area (Å²) in [6, 6.07) is 5.49. The van der Waals surface area contributed by atoms with Crippen LogP contribution in [0.5, 0.6) is 0 Å². The van der Waals surface area contributed by atoms with Crippen molar-refractivity contribution in [2.75, 3.05) is 7.11 Å². The Bertz CT molecular complexity index is 604. The standard InChI is InChI=1S/C18H25NO4/c1-6-7-15-14-9-8-12(16(20)22-5)10-13(14)11-19(15)17(21)23-18(2,3)4/h8-10,15H,6-7,11H2,1-5H3. The van der Waals surface area contributed by atoms with Crippen molar-refractivity contribution in [1.82, 2.24) is 4.90 Å². The number of ether oxygens (including phenoxy) is 2. The highest BCUT2D eigenvalue weighted by atomic mass is 16.6. The van der Waals surface area contributed by atoms with Gasteiger partial charge in [0.1, 0.15) is 5.60 Å². The summed E-state index contributed by atoms with van der Waals surface area (Å²) in [6.45, 7) is 8.13. The molecule has 1 unspecified atom stereocenters. The molecule has 5 heteroatoms. The van der Waals surface area contributed by atoms with E-state index in [-0.39, 0.29) is 18.1 Å². The molecule has 5 nitrogen and oxygen atoms in total. The zero-order valence-corrected chi connectivity index (χ0v) is 14.5. The third kappa shape index (κ3) is 3.84. The lowest BCUT2D eigenvalue weighted by Gasteiger charge is -2.28. The Morgan fingerprint density at radius 1 is 1.30 bits per heavy atom. The van der Waals surface area contributed by atoms with Crippen molar-refractivity contribution in [1.29, 1.82) is 0 Å². The van der Waals surface area contributed by atoms with Gasteiger partial charge in [0, 0.05) is 0 Å². The topological polar surface area (TPSA) is 55.8 Å². The molecule has 0 saturated heterocycles. The lowest BCUT2D eigenvalue weighted by Crippen LogP contribution is -2.35. The van der Waals surface area contributed by atoms with E-state index in [0.29, 0.717) is 12.1 Å². The normalized spacial score (nSPS) is 16.9. The maximum atomic E-state index is 12.5. The van der Waals surface area contributed by atoms with Gasteiger partial charge in [-0.3, -0.25) is 4.90 Å². The van der Waals surface area contributed by atoms with Crippen molar-refractivity contribution < 1.29 is 19.1 Å². The number of amides is 1. The molecule has 1 amide bonds. The van der Waals surface area contributed by atoms with Crippen molar-refractivity contribution in [3.8, 4) is 0 Å². The Morgan fingerprint density at radius 2 is 2.00 bits per heavy atom. The van der Waals surface area contributed by atoms with Crippen molar-refractivity contribution in [3.63, 3.8) is 0 Å². The molecule has 0 aliphatic carbocycles. The Hall–Kier alpha value is -2.04. The summed E-state index contributed by atoms with van der Waals surface area (Å²) in [7, 11) is 1.36. The molecular formula is C18H25NO4. The van der Waals surface area contributed by atoms with Crippen LogP contribution in [-0.2, 0) is 16.0 Å². The molecule has 1 aliphatic heterocycles. The van der Waals surface area contributed by atoms with E-state index in [1.165, 1.54) is 7.11 Å². The molecular weight excluding hydrogens is 294 g/mol. The maximum absolute atomic E-state index is 12.5. The molecule has 0 saturated carbocycles. The molecule has 0 bridgehead atoms. The molecule has 0 N–H and O–H groups in total. The Labute approximate surface area is 137 Å². The van der Waals surface area contributed by atoms with Gasteiger partial charge in [0.05, 0.1) is 25.3 Å². The Kier molecular flexibility index (Phi) is 4.97. The molecule has 0 fully saturated rings. The summed E-state index contributed by atoms with van der Waals surface area (Å²) < 4.78 is 10.3. The van der Waals surface area contributed by atoms with Crippen LogP contribution in [0.25, 0.3) is 0 Å². The van der Waals surface area contributed by atoms with Gasteiger partial charge in [-0.2, -0.15) is 0 Å². The summed E-state index contributed by atoms with van der Waals surface area (Å²) in [4.78, 5) is 25.9. The predicted octanol–water partition coefficient (Wildman–Crippen LogP) is 4.07. The Balaban J connectivity index is 2.29. The minimum Gasteiger partial charge on any atom is -0.465 e. The molecule has 1 aliphatic rings. The molecule has 1 aromatic rings. The number of benzene rings is 1. The van der Waals surface area contributed by atoms with Gasteiger partial charge in [0.25, 0.3) is 0 Å². The fraction of sp³-hybridized carbons (Fsp3) is 0.556. The lowest BCUT2D eigenvalue weighted by molar-refractivity contribution is 0.0163.